The van der Waals surface area contributed by atoms with Crippen LogP contribution in [-0.2, 0) is 31.9 Å². The molecular formula is C33H29IrNO2. The number of hydrogen-bond acceptors (Lipinski definition) is 2. The van der Waals surface area contributed by atoms with Gasteiger partial charge in [-0.2, -0.15) is 0 Å². The third kappa shape index (κ3) is 6.89. The molecule has 0 unspecified atom stereocenters. The monoisotopic (exact) mass is 664 g/mol. The van der Waals surface area contributed by atoms with Crippen molar-refractivity contribution < 1.29 is 34.6 Å². The molecule has 0 aliphatic carbocycles. The standard InChI is InChI=1S/C28H21N.C5H8O2.Ir/c1-29-27-18-17-24(21-11-5-2-6-12-21)19-26(27)25(22-13-7-3-8-14-22)20-28(29)23-15-9-4-10-16-23;1-4(6)3-5(2)7;/h2-15,17-20H,1H3;3,6H,1-2H3;/b;4-3-;. The maximum absolute atomic E-state index is 10.0. The summed E-state index contributed by atoms with van der Waals surface area (Å²) in [4.78, 5) is 10.0. The molecule has 3 nitrogen and oxygen atoms in total. The average molecular weight is 664 g/mol. The van der Waals surface area contributed by atoms with Crippen molar-refractivity contribution in [2.24, 2.45) is 7.05 Å². The molecule has 1 radical (unpaired) electrons. The summed E-state index contributed by atoms with van der Waals surface area (Å²) in [5.74, 6) is -0.0625. The summed E-state index contributed by atoms with van der Waals surface area (Å²) in [5.41, 5.74) is 8.39. The molecule has 37 heavy (non-hydrogen) atoms. The Labute approximate surface area is 232 Å². The van der Waals surface area contributed by atoms with Crippen LogP contribution in [0.1, 0.15) is 13.8 Å². The van der Waals surface area contributed by atoms with E-state index in [9.17, 15) is 4.79 Å². The van der Waals surface area contributed by atoms with Gasteiger partial charge in [0.15, 0.2) is 5.78 Å². The van der Waals surface area contributed by atoms with Crippen molar-refractivity contribution in [3.63, 3.8) is 0 Å². The van der Waals surface area contributed by atoms with E-state index in [1.807, 2.05) is 12.1 Å². The maximum atomic E-state index is 10.0. The molecule has 0 fully saturated rings. The molecular weight excluding hydrogens is 635 g/mol. The first-order valence-corrected chi connectivity index (χ1v) is 11.9. The summed E-state index contributed by atoms with van der Waals surface area (Å²) in [5, 5.41) is 9.61. The summed E-state index contributed by atoms with van der Waals surface area (Å²) >= 11 is 0. The van der Waals surface area contributed by atoms with Gasteiger partial charge in [-0.1, -0.05) is 66.2 Å². The van der Waals surface area contributed by atoms with Crippen LogP contribution in [0.5, 0.6) is 0 Å². The zero-order valence-electron chi connectivity index (χ0n) is 21.1. The Hall–Kier alpha value is -3.85. The largest absolute Gasteiger partial charge is 0.512 e. The second-order valence-electron chi connectivity index (χ2n) is 8.64. The molecule has 1 aromatic heterocycles. The van der Waals surface area contributed by atoms with Crippen molar-refractivity contribution in [2.75, 3.05) is 0 Å². The number of aliphatic hydroxyl groups is 1. The number of allylic oxidation sites excluding steroid dienone is 2. The first-order chi connectivity index (χ1) is 17.4. The minimum atomic E-state index is -0.125. The molecule has 0 saturated heterocycles. The average Bonchev–Trinajstić information content (AvgIpc) is 2.90. The first kappa shape index (κ1) is 27.7. The van der Waals surface area contributed by atoms with Gasteiger partial charge in [0.2, 0.25) is 5.52 Å². The number of rotatable bonds is 4. The molecule has 1 N–H and O–H groups in total. The van der Waals surface area contributed by atoms with Gasteiger partial charge in [-0.05, 0) is 54.3 Å². The van der Waals surface area contributed by atoms with Gasteiger partial charge in [0.1, 0.15) is 12.7 Å². The number of nitrogens with zero attached hydrogens (tertiary/aromatic N) is 1. The van der Waals surface area contributed by atoms with Crippen molar-refractivity contribution in [3.8, 4) is 33.5 Å². The molecule has 0 amide bonds. The minimum Gasteiger partial charge on any atom is -0.512 e. The van der Waals surface area contributed by atoms with E-state index in [0.29, 0.717) is 0 Å². The molecule has 0 aliphatic heterocycles. The van der Waals surface area contributed by atoms with Crippen LogP contribution in [0.15, 0.2) is 121 Å². The number of fused-ring (bicyclic) bond motifs is 1. The van der Waals surface area contributed by atoms with Crippen LogP contribution in [0.3, 0.4) is 0 Å². The molecule has 0 aliphatic rings. The minimum absolute atomic E-state index is 0. The Morgan fingerprint density at radius 3 is 1.95 bits per heavy atom. The normalized spacial score (nSPS) is 10.7. The van der Waals surface area contributed by atoms with Gasteiger partial charge >= 0.3 is 0 Å². The summed E-state index contributed by atoms with van der Waals surface area (Å²) in [6.07, 6.45) is 1.17. The summed E-state index contributed by atoms with van der Waals surface area (Å²) in [7, 11) is 2.13. The molecule has 4 heteroatoms. The van der Waals surface area contributed by atoms with Gasteiger partial charge in [-0.25, -0.2) is 4.57 Å². The van der Waals surface area contributed by atoms with E-state index < -0.39 is 0 Å². The van der Waals surface area contributed by atoms with Crippen LogP contribution in [0, 0.1) is 6.07 Å². The number of pyridine rings is 1. The Balaban J connectivity index is 0.000000422. The Bertz CT molecular complexity index is 1510. The fourth-order valence-electron chi connectivity index (χ4n) is 4.26. The topological polar surface area (TPSA) is 41.2 Å². The number of ketones is 1. The quantitative estimate of drug-likeness (QED) is 0.0937. The predicted octanol–water partition coefficient (Wildman–Crippen LogP) is 7.50. The fraction of sp³-hybridized carbons (Fsp3) is 0.0909. The molecule has 0 saturated carbocycles. The smallest absolute Gasteiger partial charge is 0.204 e. The van der Waals surface area contributed by atoms with Crippen molar-refractivity contribution in [2.45, 2.75) is 13.8 Å². The van der Waals surface area contributed by atoms with E-state index in [0.717, 1.165) is 11.3 Å². The van der Waals surface area contributed by atoms with Crippen LogP contribution >= 0.6 is 0 Å². The summed E-state index contributed by atoms with van der Waals surface area (Å²) < 4.78 is 2.27. The van der Waals surface area contributed by atoms with Gasteiger partial charge in [-0.3, -0.25) is 4.79 Å². The zero-order chi connectivity index (χ0) is 25.5. The van der Waals surface area contributed by atoms with E-state index in [4.69, 9.17) is 5.11 Å². The molecule has 1 heterocycles. The predicted molar refractivity (Wildman–Crippen MR) is 147 cm³/mol. The van der Waals surface area contributed by atoms with E-state index in [2.05, 4.69) is 115 Å². The fourth-order valence-corrected chi connectivity index (χ4v) is 4.26. The molecule has 0 bridgehead atoms. The van der Waals surface area contributed by atoms with Crippen LogP contribution < -0.4 is 4.57 Å². The van der Waals surface area contributed by atoms with Crippen molar-refractivity contribution in [1.29, 1.82) is 0 Å². The molecule has 5 aromatic rings. The number of aliphatic hydroxyl groups excluding tert-OH is 1. The van der Waals surface area contributed by atoms with Crippen LogP contribution in [0.4, 0.5) is 0 Å². The van der Waals surface area contributed by atoms with Gasteiger partial charge < -0.3 is 5.11 Å². The van der Waals surface area contributed by atoms with Gasteiger partial charge in [-0.15, -0.1) is 30.3 Å². The van der Waals surface area contributed by atoms with E-state index >= 15 is 0 Å². The number of carbonyl (C=O) groups is 1. The molecule has 187 valence electrons. The third-order valence-corrected chi connectivity index (χ3v) is 5.88. The second-order valence-corrected chi connectivity index (χ2v) is 8.64. The third-order valence-electron chi connectivity index (χ3n) is 5.88. The Morgan fingerprint density at radius 1 is 0.784 bits per heavy atom. The number of hydrogen-bond donors (Lipinski definition) is 1. The molecule has 5 rings (SSSR count). The van der Waals surface area contributed by atoms with Gasteiger partial charge in [0.05, 0.1) is 11.1 Å². The molecule has 0 atom stereocenters. The Kier molecular flexibility index (Phi) is 9.68. The van der Waals surface area contributed by atoms with E-state index in [1.54, 1.807) is 0 Å². The van der Waals surface area contributed by atoms with Crippen molar-refractivity contribution in [3.05, 3.63) is 127 Å². The molecule has 4 aromatic carbocycles. The summed E-state index contributed by atoms with van der Waals surface area (Å²) in [6, 6.07) is 41.8. The summed E-state index contributed by atoms with van der Waals surface area (Å²) in [6.45, 7) is 2.85. The number of aryl methyl sites for hydroxylation is 1. The van der Waals surface area contributed by atoms with Gasteiger partial charge in [0.25, 0.3) is 0 Å². The van der Waals surface area contributed by atoms with Crippen molar-refractivity contribution in [1.82, 2.24) is 0 Å². The van der Waals surface area contributed by atoms with Crippen LogP contribution in [-0.4, -0.2) is 10.9 Å². The van der Waals surface area contributed by atoms with E-state index in [-0.39, 0.29) is 31.6 Å². The van der Waals surface area contributed by atoms with Crippen molar-refractivity contribution >= 4 is 16.7 Å². The SMILES string of the molecule is CC(=O)/C=C(/C)O.C[n+]1c(-c2[c-]cccc2)cc(-c2ccccc2)c2cc(-c3ccccc3)ccc21.[Ir]. The zero-order valence-corrected chi connectivity index (χ0v) is 23.5. The van der Waals surface area contributed by atoms with Gasteiger partial charge in [0, 0.05) is 32.2 Å². The first-order valence-electron chi connectivity index (χ1n) is 11.9. The number of benzene rings is 4. The maximum Gasteiger partial charge on any atom is 0.204 e. The molecule has 0 spiro atoms. The van der Waals surface area contributed by atoms with Crippen LogP contribution in [0.25, 0.3) is 44.4 Å². The Morgan fingerprint density at radius 2 is 1.41 bits per heavy atom. The number of carbonyl (C=O) groups excluding carboxylic acids is 1. The number of aromatic nitrogens is 1. The second kappa shape index (κ2) is 12.9. The van der Waals surface area contributed by atoms with E-state index in [1.165, 1.54) is 53.1 Å². The van der Waals surface area contributed by atoms with Crippen LogP contribution in [0.2, 0.25) is 0 Å².